The van der Waals surface area contributed by atoms with Crippen molar-refractivity contribution < 1.29 is 19.6 Å². The first-order valence-corrected chi connectivity index (χ1v) is 7.84. The standard InChI is InChI=1S/C16H22BNO4/c1-17(20)18-14(11-22-16-4-2-3-7-21-16)9-13-8-12(10-19)5-6-15(13)18/h5-6,8-9,16,19-20H,2-4,7,10-11H2,1H3. The van der Waals surface area contributed by atoms with E-state index < -0.39 is 7.05 Å². The van der Waals surface area contributed by atoms with E-state index in [-0.39, 0.29) is 12.9 Å². The molecule has 1 aliphatic rings. The quantitative estimate of drug-likeness (QED) is 0.831. The van der Waals surface area contributed by atoms with Crippen LogP contribution in [0.2, 0.25) is 6.82 Å². The van der Waals surface area contributed by atoms with Gasteiger partial charge in [0, 0.05) is 17.8 Å². The molecule has 2 N–H and O–H groups in total. The van der Waals surface area contributed by atoms with Crippen molar-refractivity contribution in [2.75, 3.05) is 6.61 Å². The lowest BCUT2D eigenvalue weighted by Gasteiger charge is -2.23. The maximum atomic E-state index is 10.1. The second-order valence-corrected chi connectivity index (χ2v) is 5.80. The number of ether oxygens (including phenoxy) is 2. The first kappa shape index (κ1) is 15.6. The van der Waals surface area contributed by atoms with Gasteiger partial charge in [-0.3, -0.25) is 0 Å². The van der Waals surface area contributed by atoms with E-state index in [1.54, 1.807) is 6.82 Å². The molecule has 1 unspecified atom stereocenters. The Kier molecular flexibility index (Phi) is 4.83. The Balaban J connectivity index is 1.85. The van der Waals surface area contributed by atoms with Gasteiger partial charge in [0.05, 0.1) is 13.2 Å². The summed E-state index contributed by atoms with van der Waals surface area (Å²) in [6, 6.07) is 7.74. The Morgan fingerprint density at radius 1 is 1.36 bits per heavy atom. The molecule has 22 heavy (non-hydrogen) atoms. The third-order valence-corrected chi connectivity index (χ3v) is 4.09. The molecular weight excluding hydrogens is 281 g/mol. The van der Waals surface area contributed by atoms with Gasteiger partial charge in [-0.05, 0) is 55.2 Å². The number of aliphatic hydroxyl groups excluding tert-OH is 1. The van der Waals surface area contributed by atoms with Crippen molar-refractivity contribution in [2.45, 2.75) is 45.6 Å². The van der Waals surface area contributed by atoms with Crippen LogP contribution >= 0.6 is 0 Å². The number of hydrogen-bond acceptors (Lipinski definition) is 4. The Hall–Kier alpha value is -1.34. The largest absolute Gasteiger partial charge is 0.432 e. The van der Waals surface area contributed by atoms with Crippen molar-refractivity contribution in [1.29, 1.82) is 0 Å². The number of nitrogens with zero attached hydrogens (tertiary/aromatic N) is 1. The van der Waals surface area contributed by atoms with E-state index in [1.807, 2.05) is 28.7 Å². The zero-order valence-corrected chi connectivity index (χ0v) is 12.9. The number of aliphatic hydroxyl groups is 1. The van der Waals surface area contributed by atoms with Crippen molar-refractivity contribution in [3.8, 4) is 0 Å². The molecule has 3 rings (SSSR count). The third kappa shape index (κ3) is 3.20. The summed E-state index contributed by atoms with van der Waals surface area (Å²) >= 11 is 0. The van der Waals surface area contributed by atoms with Crippen LogP contribution in [-0.2, 0) is 22.7 Å². The van der Waals surface area contributed by atoms with E-state index in [2.05, 4.69) is 0 Å². The fraction of sp³-hybridized carbons (Fsp3) is 0.500. The van der Waals surface area contributed by atoms with Gasteiger partial charge in [0.25, 0.3) is 0 Å². The molecular formula is C16H22BNO4. The molecule has 1 saturated heterocycles. The van der Waals surface area contributed by atoms with Gasteiger partial charge < -0.3 is 24.1 Å². The number of benzene rings is 1. The first-order valence-electron chi connectivity index (χ1n) is 7.84. The van der Waals surface area contributed by atoms with Crippen LogP contribution in [0.3, 0.4) is 0 Å². The van der Waals surface area contributed by atoms with Crippen LogP contribution < -0.4 is 0 Å². The van der Waals surface area contributed by atoms with Crippen LogP contribution in [0.1, 0.15) is 30.5 Å². The Morgan fingerprint density at radius 3 is 2.91 bits per heavy atom. The van der Waals surface area contributed by atoms with Crippen molar-refractivity contribution in [3.05, 3.63) is 35.5 Å². The molecule has 1 aromatic heterocycles. The van der Waals surface area contributed by atoms with Gasteiger partial charge >= 0.3 is 7.05 Å². The summed E-state index contributed by atoms with van der Waals surface area (Å²) in [5.41, 5.74) is 2.71. The zero-order valence-electron chi connectivity index (χ0n) is 12.9. The van der Waals surface area contributed by atoms with Gasteiger partial charge in [-0.25, -0.2) is 0 Å². The molecule has 0 spiro atoms. The second-order valence-electron chi connectivity index (χ2n) is 5.80. The number of hydrogen-bond donors (Lipinski definition) is 2. The maximum Gasteiger partial charge on any atom is 0.414 e. The molecule has 118 valence electrons. The average molecular weight is 303 g/mol. The molecule has 1 aliphatic heterocycles. The second kappa shape index (κ2) is 6.83. The van der Waals surface area contributed by atoms with Crippen LogP contribution in [0.25, 0.3) is 10.9 Å². The van der Waals surface area contributed by atoms with E-state index >= 15 is 0 Å². The van der Waals surface area contributed by atoms with Gasteiger partial charge in [0.2, 0.25) is 0 Å². The number of rotatable bonds is 5. The molecule has 1 fully saturated rings. The lowest BCUT2D eigenvalue weighted by Crippen LogP contribution is -2.25. The minimum Gasteiger partial charge on any atom is -0.432 e. The summed E-state index contributed by atoms with van der Waals surface area (Å²) in [4.78, 5) is 0. The summed E-state index contributed by atoms with van der Waals surface area (Å²) in [7, 11) is -0.636. The summed E-state index contributed by atoms with van der Waals surface area (Å²) < 4.78 is 13.3. The van der Waals surface area contributed by atoms with Crippen molar-refractivity contribution in [3.63, 3.8) is 0 Å². The van der Waals surface area contributed by atoms with Gasteiger partial charge in [0.1, 0.15) is 0 Å². The van der Waals surface area contributed by atoms with Crippen LogP contribution in [-0.4, -0.2) is 34.6 Å². The summed E-state index contributed by atoms with van der Waals surface area (Å²) in [5.74, 6) is 0. The van der Waals surface area contributed by atoms with E-state index in [9.17, 15) is 10.1 Å². The summed E-state index contributed by atoms with van der Waals surface area (Å²) in [6.07, 6.45) is 2.99. The van der Waals surface area contributed by atoms with Crippen LogP contribution in [0, 0.1) is 0 Å². The predicted octanol–water partition coefficient (Wildman–Crippen LogP) is 2.14. The molecule has 0 aliphatic carbocycles. The molecule has 2 heterocycles. The summed E-state index contributed by atoms with van der Waals surface area (Å²) in [6.45, 7) is 2.90. The van der Waals surface area contributed by atoms with Gasteiger partial charge in [-0.15, -0.1) is 0 Å². The van der Waals surface area contributed by atoms with E-state index in [4.69, 9.17) is 9.47 Å². The molecule has 1 atom stereocenters. The molecule has 5 nitrogen and oxygen atoms in total. The molecule has 0 bridgehead atoms. The maximum absolute atomic E-state index is 10.1. The Morgan fingerprint density at radius 2 is 2.23 bits per heavy atom. The van der Waals surface area contributed by atoms with Crippen LogP contribution in [0.5, 0.6) is 0 Å². The van der Waals surface area contributed by atoms with Gasteiger partial charge in [0.15, 0.2) is 6.29 Å². The van der Waals surface area contributed by atoms with E-state index in [1.165, 1.54) is 0 Å². The molecule has 0 amide bonds. The normalized spacial score (nSPS) is 18.8. The van der Waals surface area contributed by atoms with Crippen molar-refractivity contribution in [1.82, 2.24) is 4.48 Å². The fourth-order valence-corrected chi connectivity index (χ4v) is 3.01. The zero-order chi connectivity index (χ0) is 15.5. The molecule has 6 heteroatoms. The highest BCUT2D eigenvalue weighted by molar-refractivity contribution is 6.48. The smallest absolute Gasteiger partial charge is 0.414 e. The Labute approximate surface area is 130 Å². The van der Waals surface area contributed by atoms with Crippen LogP contribution in [0.4, 0.5) is 0 Å². The molecule has 0 saturated carbocycles. The first-order chi connectivity index (χ1) is 10.7. The SMILES string of the molecule is CB(O)n1c(COC2CCCCO2)cc2cc(CO)ccc21. The lowest BCUT2D eigenvalue weighted by molar-refractivity contribution is -0.169. The van der Waals surface area contributed by atoms with Crippen LogP contribution in [0.15, 0.2) is 24.3 Å². The average Bonchev–Trinajstić information content (AvgIpc) is 2.91. The monoisotopic (exact) mass is 303 g/mol. The minimum atomic E-state index is -0.636. The third-order valence-electron chi connectivity index (χ3n) is 4.09. The van der Waals surface area contributed by atoms with E-state index in [0.717, 1.165) is 48.0 Å². The van der Waals surface area contributed by atoms with Gasteiger partial charge in [-0.1, -0.05) is 6.07 Å². The highest BCUT2D eigenvalue weighted by Crippen LogP contribution is 2.24. The highest BCUT2D eigenvalue weighted by Gasteiger charge is 2.19. The van der Waals surface area contributed by atoms with E-state index in [0.29, 0.717) is 6.61 Å². The topological polar surface area (TPSA) is 63.9 Å². The fourth-order valence-electron chi connectivity index (χ4n) is 3.01. The molecule has 1 aromatic carbocycles. The highest BCUT2D eigenvalue weighted by atomic mass is 16.7. The molecule has 0 radical (unpaired) electrons. The minimum absolute atomic E-state index is 0.0115. The number of aromatic nitrogens is 1. The van der Waals surface area contributed by atoms with Crippen molar-refractivity contribution >= 4 is 18.0 Å². The lowest BCUT2D eigenvalue weighted by atomic mass is 9.87. The number of fused-ring (bicyclic) bond motifs is 1. The molecule has 2 aromatic rings. The van der Waals surface area contributed by atoms with Gasteiger partial charge in [-0.2, -0.15) is 0 Å². The Bertz CT molecular complexity index is 634. The predicted molar refractivity (Wildman–Crippen MR) is 85.5 cm³/mol. The summed E-state index contributed by atoms with van der Waals surface area (Å²) in [5, 5.41) is 20.3. The van der Waals surface area contributed by atoms with Crippen molar-refractivity contribution in [2.24, 2.45) is 0 Å².